The lowest BCUT2D eigenvalue weighted by Crippen LogP contribution is -2.57. The minimum Gasteiger partial charge on any atom is -0.381 e. The number of hydrogen-bond donors (Lipinski definition) is 2. The average Bonchev–Trinajstić information content (AvgIpc) is 2.96. The van der Waals surface area contributed by atoms with Gasteiger partial charge in [-0.05, 0) is 25.7 Å². The van der Waals surface area contributed by atoms with Crippen LogP contribution < -0.4 is 11.1 Å². The fraction of sp³-hybridized carbons (Fsp3) is 1.00. The molecule has 2 fully saturated rings. The van der Waals surface area contributed by atoms with Crippen LogP contribution in [0, 0.1) is 0 Å². The van der Waals surface area contributed by atoms with E-state index in [1.807, 2.05) is 0 Å². The zero-order valence-electron chi connectivity index (χ0n) is 9.07. The van der Waals surface area contributed by atoms with Gasteiger partial charge in [-0.15, -0.1) is 0 Å². The predicted molar refractivity (Wildman–Crippen MR) is 53.0 cm³/mol. The van der Waals surface area contributed by atoms with Crippen LogP contribution in [0.3, 0.4) is 0 Å². The normalized spacial score (nSPS) is 27.8. The first-order chi connectivity index (χ1) is 7.37. The van der Waals surface area contributed by atoms with Crippen LogP contribution in [-0.2, 0) is 4.74 Å². The van der Waals surface area contributed by atoms with Gasteiger partial charge in [0.05, 0.1) is 0 Å². The summed E-state index contributed by atoms with van der Waals surface area (Å²) >= 11 is 0. The minimum absolute atomic E-state index is 0.170. The highest BCUT2D eigenvalue weighted by atomic mass is 19.4. The smallest absolute Gasteiger partial charge is 0.381 e. The van der Waals surface area contributed by atoms with Gasteiger partial charge < -0.3 is 15.8 Å². The highest BCUT2D eigenvalue weighted by Crippen LogP contribution is 2.49. The minimum atomic E-state index is -4.16. The number of halogens is 3. The summed E-state index contributed by atoms with van der Waals surface area (Å²) in [5.74, 6) is 0. The molecule has 0 aromatic heterocycles. The lowest BCUT2D eigenvalue weighted by Gasteiger charge is -2.35. The molecule has 6 heteroatoms. The van der Waals surface area contributed by atoms with Gasteiger partial charge in [-0.2, -0.15) is 13.2 Å². The second-order valence-corrected chi connectivity index (χ2v) is 4.91. The molecule has 2 rings (SSSR count). The molecule has 3 N–H and O–H groups in total. The average molecular weight is 238 g/mol. The lowest BCUT2D eigenvalue weighted by atomic mass is 9.91. The Kier molecular flexibility index (Phi) is 2.92. The monoisotopic (exact) mass is 238 g/mol. The summed E-state index contributed by atoms with van der Waals surface area (Å²) in [5.41, 5.74) is 3.83. The Labute approximate surface area is 92.5 Å². The Balaban J connectivity index is 1.87. The first kappa shape index (κ1) is 12.1. The molecule has 0 aromatic carbocycles. The molecule has 16 heavy (non-hydrogen) atoms. The third kappa shape index (κ3) is 2.33. The Hall–Kier alpha value is -0.330. The van der Waals surface area contributed by atoms with E-state index in [-0.39, 0.29) is 19.4 Å². The fourth-order valence-corrected chi connectivity index (χ4v) is 1.99. The number of hydrogen-bond acceptors (Lipinski definition) is 3. The van der Waals surface area contributed by atoms with Crippen molar-refractivity contribution in [1.82, 2.24) is 5.32 Å². The van der Waals surface area contributed by atoms with Crippen molar-refractivity contribution < 1.29 is 17.9 Å². The number of alkyl halides is 3. The summed E-state index contributed by atoms with van der Waals surface area (Å²) in [6, 6.07) is 0. The summed E-state index contributed by atoms with van der Waals surface area (Å²) in [4.78, 5) is 0. The van der Waals surface area contributed by atoms with E-state index in [2.05, 4.69) is 5.32 Å². The molecular formula is C10H17F3N2O. The third-order valence-corrected chi connectivity index (χ3v) is 3.56. The molecule has 0 spiro atoms. The summed E-state index contributed by atoms with van der Waals surface area (Å²) in [6.07, 6.45) is -2.58. The Morgan fingerprint density at radius 3 is 2.12 bits per heavy atom. The molecule has 1 saturated carbocycles. The Morgan fingerprint density at radius 2 is 1.69 bits per heavy atom. The molecule has 0 bridgehead atoms. The molecule has 0 radical (unpaired) electrons. The van der Waals surface area contributed by atoms with Gasteiger partial charge in [0, 0.05) is 25.3 Å². The second-order valence-electron chi connectivity index (χ2n) is 4.91. The second kappa shape index (κ2) is 3.85. The SMILES string of the molecule is NC1(CNC2(C(F)(F)F)CC2)CCOCC1. The number of nitrogens with one attached hydrogen (secondary N) is 1. The van der Waals surface area contributed by atoms with Gasteiger partial charge in [-0.25, -0.2) is 0 Å². The number of rotatable bonds is 3. The van der Waals surface area contributed by atoms with E-state index in [4.69, 9.17) is 10.5 Å². The molecule has 0 amide bonds. The summed E-state index contributed by atoms with van der Waals surface area (Å²) < 4.78 is 43.1. The van der Waals surface area contributed by atoms with Crippen LogP contribution in [0.2, 0.25) is 0 Å². The maximum absolute atomic E-state index is 12.6. The lowest BCUT2D eigenvalue weighted by molar-refractivity contribution is -0.166. The summed E-state index contributed by atoms with van der Waals surface area (Å²) in [7, 11) is 0. The van der Waals surface area contributed by atoms with Crippen LogP contribution in [0.4, 0.5) is 13.2 Å². The van der Waals surface area contributed by atoms with Crippen molar-refractivity contribution in [3.63, 3.8) is 0 Å². The maximum Gasteiger partial charge on any atom is 0.406 e. The van der Waals surface area contributed by atoms with Gasteiger partial charge in [0.1, 0.15) is 5.54 Å². The van der Waals surface area contributed by atoms with Crippen molar-refractivity contribution in [2.45, 2.75) is 42.9 Å². The first-order valence-corrected chi connectivity index (χ1v) is 5.55. The van der Waals surface area contributed by atoms with Gasteiger partial charge in [0.2, 0.25) is 0 Å². The molecule has 0 atom stereocenters. The molecule has 0 unspecified atom stereocenters. The Bertz CT molecular complexity index is 257. The summed E-state index contributed by atoms with van der Waals surface area (Å²) in [5, 5.41) is 2.61. The van der Waals surface area contributed by atoms with Gasteiger partial charge in [0.25, 0.3) is 0 Å². The van der Waals surface area contributed by atoms with Crippen LogP contribution in [0.5, 0.6) is 0 Å². The molecule has 1 heterocycles. The van der Waals surface area contributed by atoms with Crippen LogP contribution in [-0.4, -0.2) is 37.0 Å². The van der Waals surface area contributed by atoms with E-state index in [1.165, 1.54) is 0 Å². The van der Waals surface area contributed by atoms with E-state index < -0.39 is 17.3 Å². The zero-order chi connectivity index (χ0) is 11.9. The van der Waals surface area contributed by atoms with Crippen molar-refractivity contribution in [2.24, 2.45) is 5.73 Å². The van der Waals surface area contributed by atoms with E-state index in [9.17, 15) is 13.2 Å². The van der Waals surface area contributed by atoms with Crippen molar-refractivity contribution >= 4 is 0 Å². The highest BCUT2D eigenvalue weighted by Gasteiger charge is 2.63. The van der Waals surface area contributed by atoms with Crippen molar-refractivity contribution in [3.05, 3.63) is 0 Å². The van der Waals surface area contributed by atoms with Crippen molar-refractivity contribution in [2.75, 3.05) is 19.8 Å². The highest BCUT2D eigenvalue weighted by molar-refractivity contribution is 5.09. The van der Waals surface area contributed by atoms with E-state index in [0.29, 0.717) is 26.1 Å². The third-order valence-electron chi connectivity index (χ3n) is 3.56. The molecule has 1 aliphatic carbocycles. The molecular weight excluding hydrogens is 221 g/mol. The Morgan fingerprint density at radius 1 is 1.12 bits per heavy atom. The molecule has 94 valence electrons. The molecule has 3 nitrogen and oxygen atoms in total. The quantitative estimate of drug-likeness (QED) is 0.776. The zero-order valence-corrected chi connectivity index (χ0v) is 9.07. The molecule has 0 aromatic rings. The van der Waals surface area contributed by atoms with Gasteiger partial charge in [-0.3, -0.25) is 0 Å². The molecule has 1 saturated heterocycles. The van der Waals surface area contributed by atoms with Crippen LogP contribution in [0.1, 0.15) is 25.7 Å². The van der Waals surface area contributed by atoms with Gasteiger partial charge in [-0.1, -0.05) is 0 Å². The van der Waals surface area contributed by atoms with E-state index in [1.54, 1.807) is 0 Å². The standard InChI is InChI=1S/C10H17F3N2O/c11-10(12,13)9(1-2-9)15-7-8(14)3-5-16-6-4-8/h15H,1-7,14H2. The predicted octanol–water partition coefficient (Wildman–Crippen LogP) is 1.18. The van der Waals surface area contributed by atoms with Crippen molar-refractivity contribution in [3.8, 4) is 0 Å². The van der Waals surface area contributed by atoms with E-state index >= 15 is 0 Å². The maximum atomic E-state index is 12.6. The first-order valence-electron chi connectivity index (χ1n) is 5.55. The van der Waals surface area contributed by atoms with Gasteiger partial charge in [0.15, 0.2) is 0 Å². The van der Waals surface area contributed by atoms with Crippen LogP contribution >= 0.6 is 0 Å². The van der Waals surface area contributed by atoms with E-state index in [0.717, 1.165) is 0 Å². The summed E-state index contributed by atoms with van der Waals surface area (Å²) in [6.45, 7) is 1.30. The van der Waals surface area contributed by atoms with Crippen molar-refractivity contribution in [1.29, 1.82) is 0 Å². The molecule has 1 aliphatic heterocycles. The van der Waals surface area contributed by atoms with Gasteiger partial charge >= 0.3 is 6.18 Å². The largest absolute Gasteiger partial charge is 0.406 e. The fourth-order valence-electron chi connectivity index (χ4n) is 1.99. The van der Waals surface area contributed by atoms with Crippen LogP contribution in [0.15, 0.2) is 0 Å². The number of nitrogens with two attached hydrogens (primary N) is 1. The van der Waals surface area contributed by atoms with Crippen LogP contribution in [0.25, 0.3) is 0 Å². The topological polar surface area (TPSA) is 47.3 Å². The number of ether oxygens (including phenoxy) is 1. The molecule has 2 aliphatic rings.